The van der Waals surface area contributed by atoms with Gasteiger partial charge in [-0.25, -0.2) is 8.42 Å². The number of hydrogen-bond donors (Lipinski definition) is 1. The minimum atomic E-state index is -3.56. The molecule has 0 aromatic heterocycles. The number of piperidine rings is 1. The zero-order valence-corrected chi connectivity index (χ0v) is 13.0. The van der Waals surface area contributed by atoms with Crippen LogP contribution in [0.5, 0.6) is 0 Å². The minimum absolute atomic E-state index is 0.184. The summed E-state index contributed by atoms with van der Waals surface area (Å²) < 4.78 is 32.4. The Hall–Kier alpha value is -1.11. The molecule has 1 saturated heterocycles. The monoisotopic (exact) mass is 298 g/mol. The third-order valence-electron chi connectivity index (χ3n) is 3.90. The lowest BCUT2D eigenvalue weighted by Crippen LogP contribution is -2.49. The number of ether oxygens (including phenoxy) is 1. The molecule has 1 aliphatic heterocycles. The highest BCUT2D eigenvalue weighted by molar-refractivity contribution is 7.89. The number of rotatable bonds is 3. The van der Waals surface area contributed by atoms with Crippen molar-refractivity contribution in [3.63, 3.8) is 0 Å². The molecule has 1 aliphatic rings. The number of methoxy groups -OCH3 is 1. The van der Waals surface area contributed by atoms with Crippen molar-refractivity contribution in [2.45, 2.75) is 37.2 Å². The molecule has 1 atom stereocenters. The van der Waals surface area contributed by atoms with Crippen molar-refractivity contribution in [3.8, 4) is 0 Å². The minimum Gasteiger partial charge on any atom is -0.398 e. The third-order valence-corrected chi connectivity index (χ3v) is 5.82. The molecule has 0 aliphatic carbocycles. The van der Waals surface area contributed by atoms with E-state index in [2.05, 4.69) is 0 Å². The average Bonchev–Trinajstić information content (AvgIpc) is 2.38. The first-order chi connectivity index (χ1) is 9.28. The molecule has 20 heavy (non-hydrogen) atoms. The Labute approximate surface area is 120 Å². The van der Waals surface area contributed by atoms with Crippen LogP contribution in [0.2, 0.25) is 0 Å². The van der Waals surface area contributed by atoms with Gasteiger partial charge >= 0.3 is 0 Å². The molecular weight excluding hydrogens is 276 g/mol. The molecule has 0 bridgehead atoms. The molecule has 1 aromatic carbocycles. The molecule has 112 valence electrons. The summed E-state index contributed by atoms with van der Waals surface area (Å²) in [6, 6.07) is 5.04. The maximum atomic E-state index is 12.7. The van der Waals surface area contributed by atoms with Crippen molar-refractivity contribution in [1.82, 2.24) is 4.31 Å². The summed E-state index contributed by atoms with van der Waals surface area (Å²) in [5.74, 6) is 0. The largest absolute Gasteiger partial charge is 0.398 e. The summed E-state index contributed by atoms with van der Waals surface area (Å²) in [4.78, 5) is 0.184. The van der Waals surface area contributed by atoms with Gasteiger partial charge in [0.1, 0.15) is 4.90 Å². The molecule has 0 amide bonds. The van der Waals surface area contributed by atoms with Gasteiger partial charge in [-0.05, 0) is 44.4 Å². The summed E-state index contributed by atoms with van der Waals surface area (Å²) in [5, 5.41) is 0. The molecule has 0 spiro atoms. The number of nitrogen functional groups attached to an aromatic ring is 1. The third kappa shape index (κ3) is 2.82. The van der Waals surface area contributed by atoms with E-state index in [4.69, 9.17) is 10.5 Å². The Balaban J connectivity index is 2.35. The van der Waals surface area contributed by atoms with Crippen LogP contribution in [0.3, 0.4) is 0 Å². The fourth-order valence-corrected chi connectivity index (χ4v) is 4.26. The smallest absolute Gasteiger partial charge is 0.245 e. The van der Waals surface area contributed by atoms with Gasteiger partial charge in [0.05, 0.1) is 11.3 Å². The quantitative estimate of drug-likeness (QED) is 0.863. The Morgan fingerprint density at radius 3 is 2.70 bits per heavy atom. The highest BCUT2D eigenvalue weighted by Crippen LogP contribution is 2.30. The van der Waals surface area contributed by atoms with Crippen LogP contribution in [-0.4, -0.2) is 38.5 Å². The number of anilines is 1. The highest BCUT2D eigenvalue weighted by Gasteiger charge is 2.37. The van der Waals surface area contributed by atoms with Gasteiger partial charge in [0.15, 0.2) is 0 Å². The lowest BCUT2D eigenvalue weighted by Gasteiger charge is -2.38. The maximum Gasteiger partial charge on any atom is 0.245 e. The summed E-state index contributed by atoms with van der Waals surface area (Å²) in [5.41, 5.74) is 6.70. The molecule has 5 nitrogen and oxygen atoms in total. The summed E-state index contributed by atoms with van der Waals surface area (Å²) >= 11 is 0. The fraction of sp³-hybridized carbons (Fsp3) is 0.571. The van der Waals surface area contributed by atoms with Crippen LogP contribution in [0.25, 0.3) is 0 Å². The van der Waals surface area contributed by atoms with E-state index in [9.17, 15) is 8.42 Å². The first-order valence-electron chi connectivity index (χ1n) is 6.70. The molecule has 1 unspecified atom stereocenters. The number of nitrogens with zero attached hydrogens (tertiary/aromatic N) is 1. The topological polar surface area (TPSA) is 72.6 Å². The van der Waals surface area contributed by atoms with Crippen LogP contribution in [0.1, 0.15) is 25.3 Å². The van der Waals surface area contributed by atoms with Gasteiger partial charge in [0, 0.05) is 20.2 Å². The van der Waals surface area contributed by atoms with E-state index in [0.717, 1.165) is 18.4 Å². The lowest BCUT2D eigenvalue weighted by atomic mass is 9.96. The van der Waals surface area contributed by atoms with Crippen LogP contribution >= 0.6 is 0 Å². The molecule has 2 rings (SSSR count). The Kier molecular flexibility index (Phi) is 4.09. The maximum absolute atomic E-state index is 12.7. The molecule has 0 saturated carbocycles. The van der Waals surface area contributed by atoms with Crippen LogP contribution in [0.4, 0.5) is 5.69 Å². The van der Waals surface area contributed by atoms with Gasteiger partial charge in [-0.1, -0.05) is 6.07 Å². The molecule has 1 fully saturated rings. The molecule has 2 N–H and O–H groups in total. The molecule has 6 heteroatoms. The fourth-order valence-electron chi connectivity index (χ4n) is 2.57. The van der Waals surface area contributed by atoms with E-state index < -0.39 is 15.6 Å². The van der Waals surface area contributed by atoms with E-state index in [0.29, 0.717) is 18.8 Å². The number of nitrogens with two attached hydrogens (primary N) is 1. The van der Waals surface area contributed by atoms with Crippen LogP contribution in [-0.2, 0) is 14.8 Å². The van der Waals surface area contributed by atoms with Crippen molar-refractivity contribution in [2.24, 2.45) is 0 Å². The van der Waals surface area contributed by atoms with Crippen LogP contribution < -0.4 is 5.73 Å². The molecular formula is C14H22N2O3S. The zero-order chi connectivity index (χ0) is 15.0. The van der Waals surface area contributed by atoms with Gasteiger partial charge in [-0.2, -0.15) is 4.31 Å². The summed E-state index contributed by atoms with van der Waals surface area (Å²) in [6.07, 6.45) is 1.65. The van der Waals surface area contributed by atoms with Gasteiger partial charge < -0.3 is 10.5 Å². The van der Waals surface area contributed by atoms with Crippen LogP contribution in [0.15, 0.2) is 23.1 Å². The van der Waals surface area contributed by atoms with Crippen LogP contribution in [0, 0.1) is 6.92 Å². The molecule has 1 heterocycles. The number of aryl methyl sites for hydroxylation is 1. The number of hydrogen-bond acceptors (Lipinski definition) is 4. The van der Waals surface area contributed by atoms with Crippen molar-refractivity contribution in [3.05, 3.63) is 23.8 Å². The zero-order valence-electron chi connectivity index (χ0n) is 12.2. The van der Waals surface area contributed by atoms with E-state index >= 15 is 0 Å². The Morgan fingerprint density at radius 2 is 2.10 bits per heavy atom. The molecule has 0 radical (unpaired) electrons. The van der Waals surface area contributed by atoms with E-state index in [1.54, 1.807) is 25.3 Å². The van der Waals surface area contributed by atoms with Crippen molar-refractivity contribution >= 4 is 15.7 Å². The number of benzene rings is 1. The molecule has 1 aromatic rings. The Bertz CT molecular complexity index is 600. The SMILES string of the molecule is COC1(C)CCCN(S(=O)(=O)c2ccc(C)cc2N)C1. The predicted molar refractivity (Wildman–Crippen MR) is 79.0 cm³/mol. The van der Waals surface area contributed by atoms with Crippen molar-refractivity contribution in [1.29, 1.82) is 0 Å². The lowest BCUT2D eigenvalue weighted by molar-refractivity contribution is -0.0319. The second kappa shape index (κ2) is 5.35. The van der Waals surface area contributed by atoms with Gasteiger partial charge in [-0.15, -0.1) is 0 Å². The summed E-state index contributed by atoms with van der Waals surface area (Å²) in [7, 11) is -1.94. The second-order valence-electron chi connectivity index (χ2n) is 5.64. The van der Waals surface area contributed by atoms with E-state index in [1.807, 2.05) is 13.8 Å². The highest BCUT2D eigenvalue weighted by atomic mass is 32.2. The second-order valence-corrected chi connectivity index (χ2v) is 7.54. The summed E-state index contributed by atoms with van der Waals surface area (Å²) in [6.45, 7) is 4.69. The van der Waals surface area contributed by atoms with Gasteiger partial charge in [0.2, 0.25) is 10.0 Å². The first-order valence-corrected chi connectivity index (χ1v) is 8.14. The van der Waals surface area contributed by atoms with Gasteiger partial charge in [0.25, 0.3) is 0 Å². The predicted octanol–water partition coefficient (Wildman–Crippen LogP) is 1.77. The van der Waals surface area contributed by atoms with E-state index in [1.165, 1.54) is 4.31 Å². The van der Waals surface area contributed by atoms with Gasteiger partial charge in [-0.3, -0.25) is 0 Å². The van der Waals surface area contributed by atoms with Crippen molar-refractivity contribution in [2.75, 3.05) is 25.9 Å². The average molecular weight is 298 g/mol. The Morgan fingerprint density at radius 1 is 1.40 bits per heavy atom. The number of sulfonamides is 1. The van der Waals surface area contributed by atoms with E-state index in [-0.39, 0.29) is 4.90 Å². The first kappa shape index (κ1) is 15.3. The van der Waals surface area contributed by atoms with Crippen molar-refractivity contribution < 1.29 is 13.2 Å². The standard InChI is InChI=1S/C14H22N2O3S/c1-11-5-6-13(12(15)9-11)20(17,18)16-8-4-7-14(2,10-16)19-3/h5-6,9H,4,7-8,10,15H2,1-3H3. The normalized spacial score (nSPS) is 24.8.